The Hall–Kier alpha value is -2.65. The van der Waals surface area contributed by atoms with Crippen LogP contribution in [0.1, 0.15) is 30.9 Å². The number of rotatable bonds is 7. The highest BCUT2D eigenvalue weighted by Gasteiger charge is 2.32. The predicted octanol–water partition coefficient (Wildman–Crippen LogP) is 4.44. The normalized spacial score (nSPS) is 16.1. The van der Waals surface area contributed by atoms with Crippen LogP contribution in [0.15, 0.2) is 35.7 Å². The van der Waals surface area contributed by atoms with Crippen molar-refractivity contribution in [2.45, 2.75) is 31.8 Å². The lowest BCUT2D eigenvalue weighted by Gasteiger charge is -2.26. The lowest BCUT2D eigenvalue weighted by atomic mass is 10.0. The highest BCUT2D eigenvalue weighted by atomic mass is 32.1. The Kier molecular flexibility index (Phi) is 6.19. The van der Waals surface area contributed by atoms with Crippen LogP contribution in [0.25, 0.3) is 10.7 Å². The van der Waals surface area contributed by atoms with Gasteiger partial charge in [0, 0.05) is 31.1 Å². The topological polar surface area (TPSA) is 72.4 Å². The van der Waals surface area contributed by atoms with Crippen LogP contribution in [0.2, 0.25) is 0 Å². The van der Waals surface area contributed by atoms with E-state index in [9.17, 15) is 4.79 Å². The number of thiophene rings is 1. The van der Waals surface area contributed by atoms with Gasteiger partial charge in [0.15, 0.2) is 10.6 Å². The molecule has 1 aliphatic rings. The van der Waals surface area contributed by atoms with Crippen LogP contribution in [0.4, 0.5) is 0 Å². The first-order valence-electron chi connectivity index (χ1n) is 9.83. The van der Waals surface area contributed by atoms with Crippen LogP contribution >= 0.6 is 23.6 Å². The van der Waals surface area contributed by atoms with Crippen molar-refractivity contribution in [1.82, 2.24) is 19.7 Å². The molecule has 1 amide bonds. The third-order valence-electron chi connectivity index (χ3n) is 5.42. The Labute approximate surface area is 184 Å². The molecule has 0 bridgehead atoms. The first-order valence-corrected chi connectivity index (χ1v) is 11.1. The average molecular weight is 445 g/mol. The van der Waals surface area contributed by atoms with E-state index < -0.39 is 0 Å². The third kappa shape index (κ3) is 3.99. The summed E-state index contributed by atoms with van der Waals surface area (Å²) in [6, 6.07) is 9.76. The van der Waals surface area contributed by atoms with Gasteiger partial charge in [-0.2, -0.15) is 5.10 Å². The van der Waals surface area contributed by atoms with Gasteiger partial charge in [-0.15, -0.1) is 11.3 Å². The minimum Gasteiger partial charge on any atom is -0.497 e. The number of benzene rings is 1. The van der Waals surface area contributed by atoms with E-state index in [1.165, 1.54) is 0 Å². The highest BCUT2D eigenvalue weighted by Crippen LogP contribution is 2.39. The predicted molar refractivity (Wildman–Crippen MR) is 119 cm³/mol. The number of hydrogen-bond donors (Lipinski definition) is 1. The van der Waals surface area contributed by atoms with Crippen LogP contribution in [-0.4, -0.2) is 46.3 Å². The zero-order chi connectivity index (χ0) is 21.1. The number of likely N-dealkylation sites (tertiary alicyclic amines) is 1. The molecule has 1 saturated heterocycles. The van der Waals surface area contributed by atoms with E-state index in [0.29, 0.717) is 17.7 Å². The molecule has 7 nitrogen and oxygen atoms in total. The Bertz CT molecular complexity index is 1070. The van der Waals surface area contributed by atoms with Gasteiger partial charge < -0.3 is 14.4 Å². The molecule has 0 saturated carbocycles. The molecule has 1 aromatic carbocycles. The van der Waals surface area contributed by atoms with Gasteiger partial charge in [0.05, 0.1) is 25.1 Å². The van der Waals surface area contributed by atoms with Crippen LogP contribution < -0.4 is 9.47 Å². The zero-order valence-electron chi connectivity index (χ0n) is 17.0. The summed E-state index contributed by atoms with van der Waals surface area (Å²) in [5.74, 6) is 2.37. The van der Waals surface area contributed by atoms with E-state index in [1.54, 1.807) is 25.6 Å². The monoisotopic (exact) mass is 444 g/mol. The number of nitrogens with zero attached hydrogens (tertiary/aromatic N) is 3. The fraction of sp³-hybridized carbons (Fsp3) is 0.381. The number of methoxy groups -OCH3 is 2. The van der Waals surface area contributed by atoms with Crippen molar-refractivity contribution in [1.29, 1.82) is 0 Å². The number of aromatic amines is 1. The van der Waals surface area contributed by atoms with E-state index in [0.717, 1.165) is 47.2 Å². The highest BCUT2D eigenvalue weighted by molar-refractivity contribution is 7.71. The molecule has 1 fully saturated rings. The van der Waals surface area contributed by atoms with Gasteiger partial charge >= 0.3 is 0 Å². The molecule has 9 heteroatoms. The SMILES string of the molecule is COc1ccc(C2CCCN2C(=O)CCn2c(-c3cccs3)n[nH]c2=S)c(OC)c1. The maximum atomic E-state index is 13.1. The summed E-state index contributed by atoms with van der Waals surface area (Å²) in [4.78, 5) is 16.1. The van der Waals surface area contributed by atoms with Gasteiger partial charge in [-0.3, -0.25) is 14.5 Å². The number of carbonyl (C=O) groups excluding carboxylic acids is 1. The minimum absolute atomic E-state index is 0.00689. The Morgan fingerprint density at radius 2 is 2.20 bits per heavy atom. The Morgan fingerprint density at radius 3 is 2.93 bits per heavy atom. The van der Waals surface area contributed by atoms with Crippen molar-refractivity contribution in [3.05, 3.63) is 46.0 Å². The average Bonchev–Trinajstić information content (AvgIpc) is 3.52. The van der Waals surface area contributed by atoms with Crippen molar-refractivity contribution >= 4 is 29.5 Å². The molecule has 0 spiro atoms. The first kappa shape index (κ1) is 20.6. The van der Waals surface area contributed by atoms with Crippen molar-refractivity contribution in [3.8, 4) is 22.2 Å². The molecule has 1 aliphatic heterocycles. The summed E-state index contributed by atoms with van der Waals surface area (Å²) >= 11 is 6.98. The molecule has 158 valence electrons. The molecule has 3 aromatic rings. The standard InChI is InChI=1S/C21H24N4O3S2/c1-27-14-7-8-15(17(13-14)28-2)16-5-3-10-24(16)19(26)9-11-25-20(22-23-21(25)29)18-6-4-12-30-18/h4,6-8,12-13,16H,3,5,9-11H2,1-2H3,(H,23,29). The van der Waals surface area contributed by atoms with Crippen LogP contribution in [0.5, 0.6) is 11.5 Å². The van der Waals surface area contributed by atoms with E-state index in [-0.39, 0.29) is 11.9 Å². The fourth-order valence-corrected chi connectivity index (χ4v) is 4.90. The molecule has 30 heavy (non-hydrogen) atoms. The maximum Gasteiger partial charge on any atom is 0.224 e. The number of ether oxygens (including phenoxy) is 2. The molecule has 2 aromatic heterocycles. The number of nitrogens with one attached hydrogen (secondary N) is 1. The smallest absolute Gasteiger partial charge is 0.224 e. The maximum absolute atomic E-state index is 13.1. The quantitative estimate of drug-likeness (QED) is 0.546. The van der Waals surface area contributed by atoms with E-state index in [1.807, 2.05) is 45.2 Å². The molecule has 3 heterocycles. The molecular formula is C21H24N4O3S2. The number of H-pyrrole nitrogens is 1. The van der Waals surface area contributed by atoms with Crippen molar-refractivity contribution in [3.63, 3.8) is 0 Å². The molecule has 1 N–H and O–H groups in total. The third-order valence-corrected chi connectivity index (χ3v) is 6.60. The second kappa shape index (κ2) is 9.01. The van der Waals surface area contributed by atoms with Gasteiger partial charge in [0.2, 0.25) is 5.91 Å². The van der Waals surface area contributed by atoms with Crippen molar-refractivity contribution < 1.29 is 14.3 Å². The summed E-state index contributed by atoms with van der Waals surface area (Å²) in [6.45, 7) is 1.23. The lowest BCUT2D eigenvalue weighted by molar-refractivity contribution is -0.132. The van der Waals surface area contributed by atoms with Gasteiger partial charge in [-0.25, -0.2) is 0 Å². The Balaban J connectivity index is 1.51. The second-order valence-corrected chi connectivity index (χ2v) is 8.42. The number of aromatic nitrogens is 3. The first-order chi connectivity index (χ1) is 14.6. The number of amides is 1. The van der Waals surface area contributed by atoms with E-state index in [2.05, 4.69) is 10.2 Å². The number of carbonyl (C=O) groups is 1. The Morgan fingerprint density at radius 1 is 1.33 bits per heavy atom. The minimum atomic E-state index is 0.00689. The van der Waals surface area contributed by atoms with Crippen molar-refractivity contribution in [2.24, 2.45) is 0 Å². The summed E-state index contributed by atoms with van der Waals surface area (Å²) in [7, 11) is 3.28. The van der Waals surface area contributed by atoms with Crippen LogP contribution in [0.3, 0.4) is 0 Å². The van der Waals surface area contributed by atoms with Gasteiger partial charge in [0.1, 0.15) is 11.5 Å². The molecule has 1 atom stereocenters. The van der Waals surface area contributed by atoms with Gasteiger partial charge in [-0.05, 0) is 48.6 Å². The zero-order valence-corrected chi connectivity index (χ0v) is 18.6. The van der Waals surface area contributed by atoms with E-state index in [4.69, 9.17) is 21.7 Å². The molecule has 0 radical (unpaired) electrons. The fourth-order valence-electron chi connectivity index (χ4n) is 3.95. The van der Waals surface area contributed by atoms with Crippen LogP contribution in [-0.2, 0) is 11.3 Å². The molecular weight excluding hydrogens is 420 g/mol. The van der Waals surface area contributed by atoms with Crippen molar-refractivity contribution in [2.75, 3.05) is 20.8 Å². The van der Waals surface area contributed by atoms with Gasteiger partial charge in [0.25, 0.3) is 0 Å². The lowest BCUT2D eigenvalue weighted by Crippen LogP contribution is -2.31. The number of hydrogen-bond acceptors (Lipinski definition) is 6. The summed E-state index contributed by atoms with van der Waals surface area (Å²) in [5.41, 5.74) is 1.02. The summed E-state index contributed by atoms with van der Waals surface area (Å²) in [6.07, 6.45) is 2.25. The molecule has 0 aliphatic carbocycles. The summed E-state index contributed by atoms with van der Waals surface area (Å²) in [5, 5.41) is 9.19. The van der Waals surface area contributed by atoms with Gasteiger partial charge in [-0.1, -0.05) is 6.07 Å². The molecule has 4 rings (SSSR count). The van der Waals surface area contributed by atoms with E-state index >= 15 is 0 Å². The van der Waals surface area contributed by atoms with Crippen LogP contribution in [0, 0.1) is 4.77 Å². The summed E-state index contributed by atoms with van der Waals surface area (Å²) < 4.78 is 13.3. The second-order valence-electron chi connectivity index (χ2n) is 7.08. The molecule has 1 unspecified atom stereocenters. The largest absolute Gasteiger partial charge is 0.497 e.